The van der Waals surface area contributed by atoms with E-state index in [-0.39, 0.29) is 12.1 Å². The van der Waals surface area contributed by atoms with Crippen LogP contribution in [0.4, 0.5) is 9.93 Å². The molecule has 1 atom stereocenters. The van der Waals surface area contributed by atoms with E-state index in [0.29, 0.717) is 17.6 Å². The van der Waals surface area contributed by atoms with E-state index in [0.717, 1.165) is 5.56 Å². The minimum atomic E-state index is -0.0618. The molecule has 5 heteroatoms. The van der Waals surface area contributed by atoms with Gasteiger partial charge in [-0.05, 0) is 31.2 Å². The number of benzene rings is 1. The number of rotatable bonds is 5. The Morgan fingerprint density at radius 1 is 1.43 bits per heavy atom. The van der Waals surface area contributed by atoms with Crippen molar-refractivity contribution < 1.29 is 4.79 Å². The normalized spacial score (nSPS) is 15.5. The van der Waals surface area contributed by atoms with Crippen molar-refractivity contribution in [3.8, 4) is 0 Å². The Hall–Kier alpha value is -1.88. The van der Waals surface area contributed by atoms with Gasteiger partial charge in [0.15, 0.2) is 5.13 Å². The summed E-state index contributed by atoms with van der Waals surface area (Å²) in [5.41, 5.74) is 1.15. The summed E-state index contributed by atoms with van der Waals surface area (Å²) in [7, 11) is 0. The number of hydrogen-bond acceptors (Lipinski definition) is 3. The number of carbonyl (C=O) groups excluding carboxylic acids is 1. The quantitative estimate of drug-likeness (QED) is 0.908. The summed E-state index contributed by atoms with van der Waals surface area (Å²) in [6.45, 7) is 2.78. The zero-order chi connectivity index (χ0) is 14.7. The van der Waals surface area contributed by atoms with E-state index in [2.05, 4.69) is 29.4 Å². The average Bonchev–Trinajstić information content (AvgIpc) is 3.23. The molecule has 2 aromatic rings. The highest BCUT2D eigenvalue weighted by atomic mass is 32.1. The Bertz CT molecular complexity index is 581. The van der Waals surface area contributed by atoms with Crippen molar-refractivity contribution in [2.24, 2.45) is 5.92 Å². The molecule has 1 aliphatic rings. The van der Waals surface area contributed by atoms with Crippen LogP contribution in [0.25, 0.3) is 0 Å². The van der Waals surface area contributed by atoms with Gasteiger partial charge in [0.2, 0.25) is 0 Å². The van der Waals surface area contributed by atoms with Crippen LogP contribution in [-0.4, -0.2) is 22.0 Å². The maximum Gasteiger partial charge on any atom is 0.324 e. The Balaban J connectivity index is 1.73. The second-order valence-electron chi connectivity index (χ2n) is 5.46. The van der Waals surface area contributed by atoms with Gasteiger partial charge >= 0.3 is 6.03 Å². The lowest BCUT2D eigenvalue weighted by Crippen LogP contribution is -2.42. The fraction of sp³-hybridized carbons (Fsp3) is 0.375. The van der Waals surface area contributed by atoms with Crippen LogP contribution in [0.5, 0.6) is 0 Å². The van der Waals surface area contributed by atoms with Gasteiger partial charge in [-0.1, -0.05) is 30.3 Å². The molecule has 0 bridgehead atoms. The summed E-state index contributed by atoms with van der Waals surface area (Å²) in [6, 6.07) is 10.3. The zero-order valence-electron chi connectivity index (χ0n) is 12.0. The highest BCUT2D eigenvalue weighted by molar-refractivity contribution is 7.13. The van der Waals surface area contributed by atoms with Crippen LogP contribution < -0.4 is 5.32 Å². The molecular formula is C16H19N3OS. The summed E-state index contributed by atoms with van der Waals surface area (Å²) in [6.07, 6.45) is 4.14. The maximum absolute atomic E-state index is 12.6. The van der Waals surface area contributed by atoms with Gasteiger partial charge in [-0.25, -0.2) is 9.78 Å². The Kier molecular flexibility index (Phi) is 4.20. The van der Waals surface area contributed by atoms with Crippen molar-refractivity contribution in [2.45, 2.75) is 32.4 Å². The molecule has 3 rings (SSSR count). The average molecular weight is 301 g/mol. The number of carbonyl (C=O) groups is 1. The third kappa shape index (κ3) is 3.61. The minimum Gasteiger partial charge on any atom is -0.317 e. The number of nitrogens with one attached hydrogen (secondary N) is 1. The van der Waals surface area contributed by atoms with Gasteiger partial charge in [0.1, 0.15) is 0 Å². The second-order valence-corrected chi connectivity index (χ2v) is 6.35. The molecule has 1 N–H and O–H groups in total. The van der Waals surface area contributed by atoms with Crippen molar-refractivity contribution >= 4 is 22.5 Å². The fourth-order valence-corrected chi connectivity index (χ4v) is 2.98. The fourth-order valence-electron chi connectivity index (χ4n) is 2.46. The van der Waals surface area contributed by atoms with E-state index >= 15 is 0 Å². The number of hydrogen-bond donors (Lipinski definition) is 1. The van der Waals surface area contributed by atoms with Gasteiger partial charge in [-0.2, -0.15) is 0 Å². The standard InChI is InChI=1S/C16H19N3OS/c1-12(14-7-8-14)19(11-13-5-3-2-4-6-13)16(20)18-15-17-9-10-21-15/h2-6,9-10,12,14H,7-8,11H2,1H3,(H,17,18,20). The van der Waals surface area contributed by atoms with Crippen LogP contribution in [0, 0.1) is 5.92 Å². The number of anilines is 1. The zero-order valence-corrected chi connectivity index (χ0v) is 12.8. The first kappa shape index (κ1) is 14.1. The van der Waals surface area contributed by atoms with Crippen molar-refractivity contribution in [1.82, 2.24) is 9.88 Å². The molecule has 4 nitrogen and oxygen atoms in total. The van der Waals surface area contributed by atoms with Crippen molar-refractivity contribution in [3.05, 3.63) is 47.5 Å². The molecular weight excluding hydrogens is 282 g/mol. The van der Waals surface area contributed by atoms with Crippen LogP contribution in [0.3, 0.4) is 0 Å². The molecule has 1 heterocycles. The molecule has 0 aliphatic heterocycles. The lowest BCUT2D eigenvalue weighted by Gasteiger charge is -2.29. The summed E-state index contributed by atoms with van der Waals surface area (Å²) in [4.78, 5) is 18.6. The first-order valence-corrected chi connectivity index (χ1v) is 8.13. The van der Waals surface area contributed by atoms with Gasteiger partial charge in [-0.15, -0.1) is 11.3 Å². The topological polar surface area (TPSA) is 45.2 Å². The third-order valence-corrected chi connectivity index (χ3v) is 4.59. The predicted molar refractivity (Wildman–Crippen MR) is 85.3 cm³/mol. The molecule has 1 aliphatic carbocycles. The lowest BCUT2D eigenvalue weighted by molar-refractivity contribution is 0.181. The molecule has 1 aromatic heterocycles. The van der Waals surface area contributed by atoms with Crippen molar-refractivity contribution in [2.75, 3.05) is 5.32 Å². The molecule has 0 radical (unpaired) electrons. The second kappa shape index (κ2) is 6.26. The van der Waals surface area contributed by atoms with Gasteiger partial charge in [0.25, 0.3) is 0 Å². The van der Waals surface area contributed by atoms with Gasteiger partial charge < -0.3 is 4.90 Å². The summed E-state index contributed by atoms with van der Waals surface area (Å²) >= 11 is 1.44. The van der Waals surface area contributed by atoms with Crippen LogP contribution in [-0.2, 0) is 6.54 Å². The number of thiazole rings is 1. The molecule has 2 amide bonds. The molecule has 110 valence electrons. The SMILES string of the molecule is CC(C1CC1)N(Cc1ccccc1)C(=O)Nc1nccs1. The molecule has 0 spiro atoms. The summed E-state index contributed by atoms with van der Waals surface area (Å²) in [5, 5.41) is 5.42. The molecule has 1 aromatic carbocycles. The molecule has 1 unspecified atom stereocenters. The van der Waals surface area contributed by atoms with Gasteiger partial charge in [0.05, 0.1) is 0 Å². The molecule has 0 saturated heterocycles. The summed E-state index contributed by atoms with van der Waals surface area (Å²) < 4.78 is 0. The highest BCUT2D eigenvalue weighted by Crippen LogP contribution is 2.36. The Morgan fingerprint density at radius 3 is 2.81 bits per heavy atom. The first-order valence-electron chi connectivity index (χ1n) is 7.25. The molecule has 1 fully saturated rings. The van der Waals surface area contributed by atoms with E-state index < -0.39 is 0 Å². The van der Waals surface area contributed by atoms with Gasteiger partial charge in [-0.3, -0.25) is 5.32 Å². The van der Waals surface area contributed by atoms with E-state index in [1.54, 1.807) is 6.20 Å². The molecule has 1 saturated carbocycles. The number of nitrogens with zero attached hydrogens (tertiary/aromatic N) is 2. The predicted octanol–water partition coefficient (Wildman–Crippen LogP) is 3.98. The largest absolute Gasteiger partial charge is 0.324 e. The number of urea groups is 1. The van der Waals surface area contributed by atoms with E-state index in [1.807, 2.05) is 28.5 Å². The van der Waals surface area contributed by atoms with E-state index in [1.165, 1.54) is 24.2 Å². The van der Waals surface area contributed by atoms with Crippen molar-refractivity contribution in [3.63, 3.8) is 0 Å². The van der Waals surface area contributed by atoms with Crippen LogP contribution >= 0.6 is 11.3 Å². The molecule has 21 heavy (non-hydrogen) atoms. The summed E-state index contributed by atoms with van der Waals surface area (Å²) in [5.74, 6) is 0.635. The van der Waals surface area contributed by atoms with E-state index in [9.17, 15) is 4.79 Å². The lowest BCUT2D eigenvalue weighted by atomic mass is 10.1. The number of amides is 2. The van der Waals surface area contributed by atoms with Crippen molar-refractivity contribution in [1.29, 1.82) is 0 Å². The number of aromatic nitrogens is 1. The Morgan fingerprint density at radius 2 is 2.19 bits per heavy atom. The Labute approximate surface area is 128 Å². The van der Waals surface area contributed by atoms with Crippen LogP contribution in [0.2, 0.25) is 0 Å². The third-order valence-electron chi connectivity index (χ3n) is 3.90. The maximum atomic E-state index is 12.6. The van der Waals surface area contributed by atoms with Crippen LogP contribution in [0.15, 0.2) is 41.9 Å². The minimum absolute atomic E-state index is 0.0618. The van der Waals surface area contributed by atoms with Crippen LogP contribution in [0.1, 0.15) is 25.3 Å². The van der Waals surface area contributed by atoms with E-state index in [4.69, 9.17) is 0 Å². The first-order chi connectivity index (χ1) is 10.2. The monoisotopic (exact) mass is 301 g/mol. The van der Waals surface area contributed by atoms with Gasteiger partial charge in [0, 0.05) is 24.2 Å². The smallest absolute Gasteiger partial charge is 0.317 e. The highest BCUT2D eigenvalue weighted by Gasteiger charge is 2.34.